The molecule has 5 heteroatoms. The van der Waals surface area contributed by atoms with E-state index in [1.165, 1.54) is 7.11 Å². The normalized spacial score (nSPS) is 10.3. The minimum absolute atomic E-state index is 0.564. The van der Waals surface area contributed by atoms with Gasteiger partial charge < -0.3 is 4.74 Å². The number of rotatable bonds is 2. The number of methoxy groups -OCH3 is 1. The third-order valence-corrected chi connectivity index (χ3v) is 2.38. The highest BCUT2D eigenvalue weighted by Gasteiger charge is 1.96. The third kappa shape index (κ3) is 2.87. The van der Waals surface area contributed by atoms with Gasteiger partial charge in [-0.15, -0.1) is 11.3 Å². The highest BCUT2D eigenvalue weighted by atomic mass is 32.1. The molecule has 0 saturated heterocycles. The van der Waals surface area contributed by atoms with Crippen LogP contribution in [-0.2, 0) is 4.74 Å². The Bertz CT molecular complexity index is 320. The molecule has 1 aromatic rings. The molecule has 13 heavy (non-hydrogen) atoms. The number of hydrogen-bond acceptors (Lipinski definition) is 4. The lowest BCUT2D eigenvalue weighted by Gasteiger charge is -1.94. The molecule has 1 rings (SSSR count). The number of carbonyl (C=O) groups is 1. The van der Waals surface area contributed by atoms with Gasteiger partial charge in [-0.1, -0.05) is 0 Å². The predicted molar refractivity (Wildman–Crippen MR) is 52.2 cm³/mol. The van der Waals surface area contributed by atoms with E-state index in [-0.39, 0.29) is 0 Å². The summed E-state index contributed by atoms with van der Waals surface area (Å²) in [5.41, 5.74) is 3.35. The van der Waals surface area contributed by atoms with Crippen molar-refractivity contribution < 1.29 is 9.53 Å². The molecule has 0 unspecified atom stereocenters. The van der Waals surface area contributed by atoms with Crippen LogP contribution in [0.5, 0.6) is 0 Å². The molecule has 0 aliphatic rings. The van der Waals surface area contributed by atoms with Crippen LogP contribution in [0.1, 0.15) is 10.4 Å². The summed E-state index contributed by atoms with van der Waals surface area (Å²) in [7, 11) is 1.29. The van der Waals surface area contributed by atoms with Crippen LogP contribution in [0, 0.1) is 6.92 Å². The average molecular weight is 198 g/mol. The lowest BCUT2D eigenvalue weighted by molar-refractivity contribution is 0.171. The van der Waals surface area contributed by atoms with Crippen LogP contribution < -0.4 is 5.43 Å². The smallest absolute Gasteiger partial charge is 0.427 e. The zero-order valence-electron chi connectivity index (χ0n) is 7.40. The van der Waals surface area contributed by atoms with Crippen molar-refractivity contribution in [3.05, 3.63) is 21.9 Å². The zero-order valence-corrected chi connectivity index (χ0v) is 8.22. The number of hydrogen-bond donors (Lipinski definition) is 1. The molecule has 0 radical (unpaired) electrons. The van der Waals surface area contributed by atoms with Gasteiger partial charge in [0.25, 0.3) is 0 Å². The van der Waals surface area contributed by atoms with Gasteiger partial charge in [-0.3, -0.25) is 0 Å². The van der Waals surface area contributed by atoms with Gasteiger partial charge in [0.2, 0.25) is 0 Å². The summed E-state index contributed by atoms with van der Waals surface area (Å²) >= 11 is 1.57. The number of thiophene rings is 1. The number of amides is 1. The first-order valence-electron chi connectivity index (χ1n) is 3.65. The molecular weight excluding hydrogens is 188 g/mol. The maximum Gasteiger partial charge on any atom is 0.427 e. The van der Waals surface area contributed by atoms with Crippen molar-refractivity contribution in [3.63, 3.8) is 0 Å². The van der Waals surface area contributed by atoms with Gasteiger partial charge in [0, 0.05) is 4.88 Å². The lowest BCUT2D eigenvalue weighted by Crippen LogP contribution is -2.16. The Labute approximate surface area is 80.2 Å². The molecule has 70 valence electrons. The van der Waals surface area contributed by atoms with Crippen molar-refractivity contribution >= 4 is 23.6 Å². The van der Waals surface area contributed by atoms with Crippen LogP contribution in [0.4, 0.5) is 4.79 Å². The second kappa shape index (κ2) is 4.61. The predicted octanol–water partition coefficient (Wildman–Crippen LogP) is 1.75. The third-order valence-electron chi connectivity index (χ3n) is 1.42. The summed E-state index contributed by atoms with van der Waals surface area (Å²) in [5.74, 6) is 0. The SMILES string of the molecule is COC(=O)NN=Cc1sccc1C. The van der Waals surface area contributed by atoms with E-state index in [1.54, 1.807) is 17.6 Å². The average Bonchev–Trinajstić information content (AvgIpc) is 2.52. The van der Waals surface area contributed by atoms with Crippen LogP contribution >= 0.6 is 11.3 Å². The summed E-state index contributed by atoms with van der Waals surface area (Å²) < 4.78 is 4.34. The first kappa shape index (κ1) is 9.73. The molecule has 1 N–H and O–H groups in total. The summed E-state index contributed by atoms with van der Waals surface area (Å²) in [5, 5.41) is 5.67. The fourth-order valence-corrected chi connectivity index (χ4v) is 1.49. The minimum atomic E-state index is -0.564. The fraction of sp³-hybridized carbons (Fsp3) is 0.250. The Kier molecular flexibility index (Phi) is 3.45. The summed E-state index contributed by atoms with van der Waals surface area (Å²) in [6.07, 6.45) is 1.03. The molecule has 1 amide bonds. The zero-order chi connectivity index (χ0) is 9.68. The van der Waals surface area contributed by atoms with Gasteiger partial charge in [-0.05, 0) is 23.9 Å². The molecule has 0 saturated carbocycles. The molecule has 0 aromatic carbocycles. The first-order valence-corrected chi connectivity index (χ1v) is 4.53. The monoisotopic (exact) mass is 198 g/mol. The fourth-order valence-electron chi connectivity index (χ4n) is 0.706. The maximum absolute atomic E-state index is 10.6. The second-order valence-corrected chi connectivity index (χ2v) is 3.28. The molecule has 0 atom stereocenters. The molecule has 4 nitrogen and oxygen atoms in total. The standard InChI is InChI=1S/C8H10N2O2S/c1-6-3-4-13-7(6)5-9-10-8(11)12-2/h3-5H,1-2H3,(H,10,11). The van der Waals surface area contributed by atoms with Gasteiger partial charge in [-0.2, -0.15) is 5.10 Å². The van der Waals surface area contributed by atoms with Gasteiger partial charge in [0.1, 0.15) is 0 Å². The van der Waals surface area contributed by atoms with Crippen LogP contribution in [-0.4, -0.2) is 19.4 Å². The molecule has 0 spiro atoms. The van der Waals surface area contributed by atoms with E-state index in [1.807, 2.05) is 18.4 Å². The minimum Gasteiger partial charge on any atom is -0.452 e. The van der Waals surface area contributed by atoms with Crippen LogP contribution in [0.3, 0.4) is 0 Å². The molecule has 1 heterocycles. The van der Waals surface area contributed by atoms with E-state index >= 15 is 0 Å². The van der Waals surface area contributed by atoms with E-state index in [0.717, 1.165) is 10.4 Å². The summed E-state index contributed by atoms with van der Waals surface area (Å²) in [4.78, 5) is 11.6. The van der Waals surface area contributed by atoms with Gasteiger partial charge in [0.15, 0.2) is 0 Å². The van der Waals surface area contributed by atoms with E-state index in [0.29, 0.717) is 0 Å². The van der Waals surface area contributed by atoms with Crippen molar-refractivity contribution in [1.82, 2.24) is 5.43 Å². The second-order valence-electron chi connectivity index (χ2n) is 2.33. The Morgan fingerprint density at radius 2 is 2.54 bits per heavy atom. The van der Waals surface area contributed by atoms with Crippen LogP contribution in [0.25, 0.3) is 0 Å². The number of ether oxygens (including phenoxy) is 1. The number of aryl methyl sites for hydroxylation is 1. The lowest BCUT2D eigenvalue weighted by atomic mass is 10.3. The van der Waals surface area contributed by atoms with Crippen molar-refractivity contribution in [2.75, 3.05) is 7.11 Å². The van der Waals surface area contributed by atoms with E-state index in [9.17, 15) is 4.79 Å². The number of hydrazone groups is 1. The van der Waals surface area contributed by atoms with E-state index in [4.69, 9.17) is 0 Å². The first-order chi connectivity index (χ1) is 6.24. The molecular formula is C8H10N2O2S. The highest BCUT2D eigenvalue weighted by Crippen LogP contribution is 2.12. The van der Waals surface area contributed by atoms with Crippen molar-refractivity contribution in [2.45, 2.75) is 6.92 Å². The van der Waals surface area contributed by atoms with Gasteiger partial charge >= 0.3 is 6.09 Å². The van der Waals surface area contributed by atoms with Crippen molar-refractivity contribution in [2.24, 2.45) is 5.10 Å². The van der Waals surface area contributed by atoms with Crippen LogP contribution in [0.15, 0.2) is 16.5 Å². The molecule has 0 fully saturated rings. The Balaban J connectivity index is 2.50. The van der Waals surface area contributed by atoms with E-state index in [2.05, 4.69) is 15.3 Å². The van der Waals surface area contributed by atoms with Crippen LogP contribution in [0.2, 0.25) is 0 Å². The summed E-state index contributed by atoms with van der Waals surface area (Å²) in [6.45, 7) is 1.98. The Morgan fingerprint density at radius 3 is 3.08 bits per heavy atom. The van der Waals surface area contributed by atoms with Gasteiger partial charge in [0.05, 0.1) is 13.3 Å². The Hall–Kier alpha value is -1.36. The van der Waals surface area contributed by atoms with Crippen molar-refractivity contribution in [3.8, 4) is 0 Å². The number of carbonyl (C=O) groups excluding carboxylic acids is 1. The number of nitrogens with zero attached hydrogens (tertiary/aromatic N) is 1. The maximum atomic E-state index is 10.6. The largest absolute Gasteiger partial charge is 0.452 e. The van der Waals surface area contributed by atoms with E-state index < -0.39 is 6.09 Å². The quantitative estimate of drug-likeness (QED) is 0.581. The molecule has 1 aromatic heterocycles. The topological polar surface area (TPSA) is 50.7 Å². The summed E-state index contributed by atoms with van der Waals surface area (Å²) in [6, 6.07) is 1.99. The Morgan fingerprint density at radius 1 is 1.77 bits per heavy atom. The number of nitrogens with one attached hydrogen (secondary N) is 1. The van der Waals surface area contributed by atoms with Crippen molar-refractivity contribution in [1.29, 1.82) is 0 Å². The molecule has 0 aliphatic carbocycles. The highest BCUT2D eigenvalue weighted by molar-refractivity contribution is 7.11. The molecule has 0 bridgehead atoms. The van der Waals surface area contributed by atoms with Gasteiger partial charge in [-0.25, -0.2) is 10.2 Å². The molecule has 0 aliphatic heterocycles.